The Morgan fingerprint density at radius 2 is 2.23 bits per heavy atom. The third-order valence-electron chi connectivity index (χ3n) is 3.97. The molecule has 0 unspecified atom stereocenters. The first-order valence-electron chi connectivity index (χ1n) is 7.65. The van der Waals surface area contributed by atoms with Crippen LogP contribution in [0.15, 0.2) is 10.6 Å². The average molecular weight is 319 g/mol. The van der Waals surface area contributed by atoms with Crippen LogP contribution in [-0.2, 0) is 17.8 Å². The van der Waals surface area contributed by atoms with E-state index in [2.05, 4.69) is 30.1 Å². The van der Waals surface area contributed by atoms with Gasteiger partial charge in [-0.25, -0.2) is 0 Å². The van der Waals surface area contributed by atoms with E-state index >= 15 is 0 Å². The van der Waals surface area contributed by atoms with E-state index < -0.39 is 0 Å². The Hall–Kier alpha value is -1.69. The standard InChI is InChI=1S/C16H21N3O2S/c1-10-8-13(11(2)22-10)6-7-15(20)19(3)9-14-17-16(21-18-14)12-4-5-12/h8,12H,4-7,9H2,1-3H3. The summed E-state index contributed by atoms with van der Waals surface area (Å²) in [7, 11) is 1.79. The molecule has 0 N–H and O–H groups in total. The van der Waals surface area contributed by atoms with Crippen LogP contribution in [0, 0.1) is 13.8 Å². The highest BCUT2D eigenvalue weighted by molar-refractivity contribution is 7.12. The summed E-state index contributed by atoms with van der Waals surface area (Å²) in [6.45, 7) is 4.62. The summed E-state index contributed by atoms with van der Waals surface area (Å²) in [5.41, 5.74) is 1.28. The van der Waals surface area contributed by atoms with E-state index in [-0.39, 0.29) is 5.91 Å². The molecule has 0 atom stereocenters. The highest BCUT2D eigenvalue weighted by Gasteiger charge is 2.29. The Labute approximate surface area is 134 Å². The van der Waals surface area contributed by atoms with E-state index in [0.717, 1.165) is 25.2 Å². The number of aromatic nitrogens is 2. The second-order valence-electron chi connectivity index (χ2n) is 6.01. The first kappa shape index (κ1) is 15.2. The molecule has 1 aliphatic rings. The summed E-state index contributed by atoms with van der Waals surface area (Å²) in [6.07, 6.45) is 3.57. The van der Waals surface area contributed by atoms with Crippen LogP contribution in [-0.4, -0.2) is 28.0 Å². The zero-order valence-electron chi connectivity index (χ0n) is 13.3. The minimum atomic E-state index is 0.112. The molecular formula is C16H21N3O2S. The Morgan fingerprint density at radius 3 is 2.86 bits per heavy atom. The number of amides is 1. The van der Waals surface area contributed by atoms with Gasteiger partial charge >= 0.3 is 0 Å². The maximum atomic E-state index is 12.2. The maximum Gasteiger partial charge on any atom is 0.229 e. The lowest BCUT2D eigenvalue weighted by Gasteiger charge is -2.14. The fourth-order valence-electron chi connectivity index (χ4n) is 2.49. The van der Waals surface area contributed by atoms with Crippen molar-refractivity contribution in [1.82, 2.24) is 15.0 Å². The van der Waals surface area contributed by atoms with Crippen molar-refractivity contribution < 1.29 is 9.32 Å². The van der Waals surface area contributed by atoms with Gasteiger partial charge in [0.1, 0.15) is 0 Å². The smallest absolute Gasteiger partial charge is 0.229 e. The van der Waals surface area contributed by atoms with Crippen LogP contribution in [0.4, 0.5) is 0 Å². The number of carbonyl (C=O) groups excluding carboxylic acids is 1. The minimum Gasteiger partial charge on any atom is -0.339 e. The van der Waals surface area contributed by atoms with Gasteiger partial charge in [0, 0.05) is 29.1 Å². The van der Waals surface area contributed by atoms with E-state index in [1.54, 1.807) is 23.3 Å². The summed E-state index contributed by atoms with van der Waals surface area (Å²) in [6, 6.07) is 2.17. The van der Waals surface area contributed by atoms with Gasteiger partial charge in [-0.1, -0.05) is 5.16 Å². The summed E-state index contributed by atoms with van der Waals surface area (Å²) in [5, 5.41) is 3.96. The molecule has 0 spiro atoms. The lowest BCUT2D eigenvalue weighted by molar-refractivity contribution is -0.130. The SMILES string of the molecule is Cc1cc(CCC(=O)N(C)Cc2noc(C3CC3)n2)c(C)s1. The molecule has 1 saturated carbocycles. The van der Waals surface area contributed by atoms with Crippen molar-refractivity contribution in [1.29, 1.82) is 0 Å². The molecule has 6 heteroatoms. The molecule has 0 aliphatic heterocycles. The quantitative estimate of drug-likeness (QED) is 0.820. The summed E-state index contributed by atoms with van der Waals surface area (Å²) >= 11 is 1.79. The molecule has 0 radical (unpaired) electrons. The molecule has 1 fully saturated rings. The van der Waals surface area contributed by atoms with Crippen molar-refractivity contribution in [2.45, 2.75) is 52.0 Å². The number of rotatable bonds is 6. The van der Waals surface area contributed by atoms with Gasteiger partial charge in [0.25, 0.3) is 0 Å². The van der Waals surface area contributed by atoms with Crippen molar-refractivity contribution in [2.75, 3.05) is 7.05 Å². The molecule has 0 saturated heterocycles. The molecule has 0 aromatic carbocycles. The summed E-state index contributed by atoms with van der Waals surface area (Å²) in [4.78, 5) is 20.9. The van der Waals surface area contributed by atoms with Gasteiger partial charge in [0.15, 0.2) is 5.82 Å². The van der Waals surface area contributed by atoms with Crippen molar-refractivity contribution in [3.8, 4) is 0 Å². The average Bonchev–Trinajstić information content (AvgIpc) is 3.14. The van der Waals surface area contributed by atoms with Gasteiger partial charge in [-0.3, -0.25) is 4.79 Å². The number of aryl methyl sites for hydroxylation is 3. The highest BCUT2D eigenvalue weighted by Crippen LogP contribution is 2.38. The van der Waals surface area contributed by atoms with Crippen LogP contribution in [0.3, 0.4) is 0 Å². The number of hydrogen-bond donors (Lipinski definition) is 0. The van der Waals surface area contributed by atoms with Gasteiger partial charge < -0.3 is 9.42 Å². The molecule has 0 bridgehead atoms. The predicted molar refractivity (Wildman–Crippen MR) is 84.9 cm³/mol. The molecule has 22 heavy (non-hydrogen) atoms. The molecule has 118 valence electrons. The van der Waals surface area contributed by atoms with E-state index in [4.69, 9.17) is 4.52 Å². The van der Waals surface area contributed by atoms with Gasteiger partial charge in [-0.05, 0) is 44.7 Å². The third kappa shape index (κ3) is 3.55. The van der Waals surface area contributed by atoms with Gasteiger partial charge in [-0.15, -0.1) is 11.3 Å². The third-order valence-corrected chi connectivity index (χ3v) is 4.97. The van der Waals surface area contributed by atoms with Crippen LogP contribution < -0.4 is 0 Å². The zero-order valence-corrected chi connectivity index (χ0v) is 14.1. The largest absolute Gasteiger partial charge is 0.339 e. The van der Waals surface area contributed by atoms with Crippen LogP contribution in [0.25, 0.3) is 0 Å². The van der Waals surface area contributed by atoms with Crippen LogP contribution in [0.1, 0.15) is 52.2 Å². The van der Waals surface area contributed by atoms with Crippen molar-refractivity contribution >= 4 is 17.2 Å². The Balaban J connectivity index is 1.51. The molecule has 5 nitrogen and oxygen atoms in total. The molecule has 2 aromatic heterocycles. The maximum absolute atomic E-state index is 12.2. The van der Waals surface area contributed by atoms with Gasteiger partial charge in [0.2, 0.25) is 11.8 Å². The highest BCUT2D eigenvalue weighted by atomic mass is 32.1. The normalized spacial score (nSPS) is 14.3. The van der Waals surface area contributed by atoms with Crippen molar-refractivity contribution in [3.05, 3.63) is 33.1 Å². The molecular weight excluding hydrogens is 298 g/mol. The van der Waals surface area contributed by atoms with E-state index in [1.807, 2.05) is 0 Å². The van der Waals surface area contributed by atoms with Crippen molar-refractivity contribution in [3.63, 3.8) is 0 Å². The van der Waals surface area contributed by atoms with Gasteiger partial charge in [0.05, 0.1) is 6.54 Å². The molecule has 1 amide bonds. The lowest BCUT2D eigenvalue weighted by Crippen LogP contribution is -2.26. The van der Waals surface area contributed by atoms with Crippen LogP contribution in [0.5, 0.6) is 0 Å². The number of hydrogen-bond acceptors (Lipinski definition) is 5. The summed E-state index contributed by atoms with van der Waals surface area (Å²) < 4.78 is 5.22. The minimum absolute atomic E-state index is 0.112. The molecule has 3 rings (SSSR count). The second kappa shape index (κ2) is 6.20. The van der Waals surface area contributed by atoms with Crippen LogP contribution in [0.2, 0.25) is 0 Å². The first-order valence-corrected chi connectivity index (χ1v) is 8.47. The van der Waals surface area contributed by atoms with Crippen LogP contribution >= 0.6 is 11.3 Å². The summed E-state index contributed by atoms with van der Waals surface area (Å²) in [5.74, 6) is 1.88. The molecule has 1 aliphatic carbocycles. The fourth-order valence-corrected chi connectivity index (χ4v) is 3.47. The van der Waals surface area contributed by atoms with Gasteiger partial charge in [-0.2, -0.15) is 4.98 Å². The van der Waals surface area contributed by atoms with E-state index in [1.165, 1.54) is 15.3 Å². The van der Waals surface area contributed by atoms with E-state index in [9.17, 15) is 4.79 Å². The van der Waals surface area contributed by atoms with E-state index in [0.29, 0.717) is 24.7 Å². The Bertz CT molecular complexity index is 673. The molecule has 2 heterocycles. The number of carbonyl (C=O) groups is 1. The molecule has 2 aromatic rings. The Kier molecular flexibility index (Phi) is 4.29. The zero-order chi connectivity index (χ0) is 15.7. The predicted octanol–water partition coefficient (Wildman–Crippen LogP) is 3.22. The number of nitrogens with zero attached hydrogens (tertiary/aromatic N) is 3. The lowest BCUT2D eigenvalue weighted by atomic mass is 10.1. The topological polar surface area (TPSA) is 59.2 Å². The fraction of sp³-hybridized carbons (Fsp3) is 0.562. The second-order valence-corrected chi connectivity index (χ2v) is 7.47. The number of thiophene rings is 1. The first-order chi connectivity index (χ1) is 10.5. The monoisotopic (exact) mass is 319 g/mol. The Morgan fingerprint density at radius 1 is 1.45 bits per heavy atom. The van der Waals surface area contributed by atoms with Crippen molar-refractivity contribution in [2.24, 2.45) is 0 Å².